The van der Waals surface area contributed by atoms with Gasteiger partial charge in [0.05, 0.1) is 5.41 Å². The molecule has 1 fully saturated rings. The number of nitrogens with one attached hydrogen (secondary N) is 3. The van der Waals surface area contributed by atoms with Crippen molar-refractivity contribution in [3.05, 3.63) is 11.8 Å². The van der Waals surface area contributed by atoms with Crippen LogP contribution in [0.3, 0.4) is 0 Å². The van der Waals surface area contributed by atoms with Crippen LogP contribution in [0.4, 0.5) is 5.82 Å². The lowest BCUT2D eigenvalue weighted by Crippen LogP contribution is -2.35. The number of H-pyrrole nitrogens is 1. The minimum Gasteiger partial charge on any atom is -0.316 e. The van der Waals surface area contributed by atoms with Gasteiger partial charge in [0.2, 0.25) is 5.91 Å². The number of aromatic amines is 1. The van der Waals surface area contributed by atoms with Gasteiger partial charge in [-0.05, 0) is 26.3 Å². The Hall–Kier alpha value is -1.36. The molecule has 2 heterocycles. The average Bonchev–Trinajstić information content (AvgIpc) is 2.88. The average molecular weight is 222 g/mol. The van der Waals surface area contributed by atoms with Gasteiger partial charge in [0.15, 0.2) is 5.82 Å². The summed E-state index contributed by atoms with van der Waals surface area (Å²) in [7, 11) is 0. The molecule has 0 spiro atoms. The topological polar surface area (TPSA) is 69.8 Å². The van der Waals surface area contributed by atoms with E-state index in [1.54, 1.807) is 0 Å². The van der Waals surface area contributed by atoms with Crippen LogP contribution in [-0.2, 0) is 11.2 Å². The summed E-state index contributed by atoms with van der Waals surface area (Å²) in [6.07, 6.45) is 1.77. The number of aromatic nitrogens is 2. The van der Waals surface area contributed by atoms with Crippen molar-refractivity contribution in [2.45, 2.75) is 26.7 Å². The Morgan fingerprint density at radius 2 is 2.50 bits per heavy atom. The molecule has 0 saturated carbocycles. The molecular formula is C11H18N4O. The quantitative estimate of drug-likeness (QED) is 0.712. The lowest BCUT2D eigenvalue weighted by molar-refractivity contribution is -0.123. The van der Waals surface area contributed by atoms with Gasteiger partial charge in [-0.15, -0.1) is 0 Å². The van der Waals surface area contributed by atoms with Crippen LogP contribution < -0.4 is 10.6 Å². The largest absolute Gasteiger partial charge is 0.316 e. The zero-order chi connectivity index (χ0) is 11.6. The molecule has 0 aliphatic carbocycles. The fourth-order valence-electron chi connectivity index (χ4n) is 1.88. The maximum Gasteiger partial charge on any atom is 0.232 e. The fourth-order valence-corrected chi connectivity index (χ4v) is 1.88. The van der Waals surface area contributed by atoms with E-state index in [0.717, 1.165) is 31.6 Å². The van der Waals surface area contributed by atoms with Crippen LogP contribution >= 0.6 is 0 Å². The van der Waals surface area contributed by atoms with Gasteiger partial charge in [-0.25, -0.2) is 0 Å². The van der Waals surface area contributed by atoms with Crippen LogP contribution in [0.15, 0.2) is 6.07 Å². The molecule has 3 N–H and O–H groups in total. The summed E-state index contributed by atoms with van der Waals surface area (Å²) in [6, 6.07) is 1.88. The number of nitrogens with zero attached hydrogens (tertiary/aromatic N) is 1. The molecule has 0 aromatic carbocycles. The van der Waals surface area contributed by atoms with Crippen LogP contribution in [-0.4, -0.2) is 29.2 Å². The Bertz CT molecular complexity index is 379. The van der Waals surface area contributed by atoms with E-state index in [1.807, 2.05) is 19.9 Å². The number of rotatable bonds is 3. The van der Waals surface area contributed by atoms with Gasteiger partial charge in [0.1, 0.15) is 0 Å². The second-order valence-corrected chi connectivity index (χ2v) is 4.57. The first-order valence-electron chi connectivity index (χ1n) is 5.70. The van der Waals surface area contributed by atoms with Gasteiger partial charge in [-0.3, -0.25) is 9.89 Å². The van der Waals surface area contributed by atoms with Gasteiger partial charge < -0.3 is 10.6 Å². The number of anilines is 1. The van der Waals surface area contributed by atoms with E-state index < -0.39 is 0 Å². The fraction of sp³-hybridized carbons (Fsp3) is 0.636. The minimum atomic E-state index is -0.300. The second-order valence-electron chi connectivity index (χ2n) is 4.57. The molecule has 1 saturated heterocycles. The van der Waals surface area contributed by atoms with Gasteiger partial charge >= 0.3 is 0 Å². The van der Waals surface area contributed by atoms with Crippen molar-refractivity contribution in [3.63, 3.8) is 0 Å². The predicted molar refractivity (Wildman–Crippen MR) is 62.2 cm³/mol. The van der Waals surface area contributed by atoms with Crippen molar-refractivity contribution in [1.82, 2.24) is 15.5 Å². The molecule has 0 bridgehead atoms. The Morgan fingerprint density at radius 3 is 3.06 bits per heavy atom. The summed E-state index contributed by atoms with van der Waals surface area (Å²) in [5.74, 6) is 0.668. The highest BCUT2D eigenvalue weighted by atomic mass is 16.2. The second kappa shape index (κ2) is 4.25. The first-order chi connectivity index (χ1) is 7.64. The molecular weight excluding hydrogens is 204 g/mol. The molecule has 5 nitrogen and oxygen atoms in total. The van der Waals surface area contributed by atoms with Gasteiger partial charge in [-0.1, -0.05) is 6.92 Å². The number of hydrogen-bond donors (Lipinski definition) is 3. The smallest absolute Gasteiger partial charge is 0.232 e. The van der Waals surface area contributed by atoms with Crippen LogP contribution in [0.1, 0.15) is 26.0 Å². The van der Waals surface area contributed by atoms with Crippen LogP contribution in [0.25, 0.3) is 0 Å². The zero-order valence-electron chi connectivity index (χ0n) is 9.76. The molecule has 1 aliphatic rings. The van der Waals surface area contributed by atoms with E-state index in [-0.39, 0.29) is 11.3 Å². The molecule has 2 rings (SSSR count). The van der Waals surface area contributed by atoms with E-state index >= 15 is 0 Å². The van der Waals surface area contributed by atoms with Crippen molar-refractivity contribution in [1.29, 1.82) is 0 Å². The van der Waals surface area contributed by atoms with E-state index in [2.05, 4.69) is 20.8 Å². The summed E-state index contributed by atoms with van der Waals surface area (Å²) >= 11 is 0. The lowest BCUT2D eigenvalue weighted by atomic mass is 9.89. The molecule has 1 aliphatic heterocycles. The first kappa shape index (κ1) is 11.1. The highest BCUT2D eigenvalue weighted by molar-refractivity contribution is 5.94. The van der Waals surface area contributed by atoms with Crippen molar-refractivity contribution in [2.24, 2.45) is 5.41 Å². The van der Waals surface area contributed by atoms with Crippen molar-refractivity contribution < 1.29 is 4.79 Å². The Morgan fingerprint density at radius 1 is 1.69 bits per heavy atom. The summed E-state index contributed by atoms with van der Waals surface area (Å²) in [6.45, 7) is 5.67. The number of carbonyl (C=O) groups excluding carboxylic acids is 1. The third-order valence-corrected chi connectivity index (χ3v) is 3.17. The third-order valence-electron chi connectivity index (χ3n) is 3.17. The summed E-state index contributed by atoms with van der Waals surface area (Å²) < 4.78 is 0. The lowest BCUT2D eigenvalue weighted by Gasteiger charge is -2.20. The normalized spacial score (nSPS) is 24.6. The number of aryl methyl sites for hydroxylation is 1. The number of carbonyl (C=O) groups is 1. The maximum atomic E-state index is 12.0. The molecule has 1 aromatic heterocycles. The van der Waals surface area contributed by atoms with Crippen molar-refractivity contribution >= 4 is 11.7 Å². The molecule has 0 radical (unpaired) electrons. The summed E-state index contributed by atoms with van der Waals surface area (Å²) in [4.78, 5) is 12.0. The standard InChI is InChI=1S/C11H18N4O/c1-3-8-6-9(15-14-8)13-10(16)11(2)4-5-12-7-11/h6,12H,3-5,7H2,1-2H3,(H2,13,14,15,16). The van der Waals surface area contributed by atoms with E-state index in [1.165, 1.54) is 0 Å². The summed E-state index contributed by atoms with van der Waals surface area (Å²) in [5, 5.41) is 13.0. The van der Waals surface area contributed by atoms with Gasteiger partial charge in [-0.2, -0.15) is 5.10 Å². The van der Waals surface area contributed by atoms with Gasteiger partial charge in [0, 0.05) is 18.3 Å². The van der Waals surface area contributed by atoms with Gasteiger partial charge in [0.25, 0.3) is 0 Å². The van der Waals surface area contributed by atoms with E-state index in [4.69, 9.17) is 0 Å². The van der Waals surface area contributed by atoms with Crippen LogP contribution in [0, 0.1) is 5.41 Å². The van der Waals surface area contributed by atoms with E-state index in [0.29, 0.717) is 5.82 Å². The molecule has 1 atom stereocenters. The SMILES string of the molecule is CCc1cc(NC(=O)C2(C)CCNC2)n[nH]1. The summed E-state index contributed by atoms with van der Waals surface area (Å²) in [5.41, 5.74) is 0.732. The zero-order valence-corrected chi connectivity index (χ0v) is 9.76. The molecule has 16 heavy (non-hydrogen) atoms. The van der Waals surface area contributed by atoms with Crippen LogP contribution in [0.2, 0.25) is 0 Å². The Labute approximate surface area is 95.0 Å². The van der Waals surface area contributed by atoms with E-state index in [9.17, 15) is 4.79 Å². The molecule has 1 amide bonds. The molecule has 5 heteroatoms. The third kappa shape index (κ3) is 2.09. The highest BCUT2D eigenvalue weighted by Gasteiger charge is 2.36. The Kier molecular flexibility index (Phi) is 2.96. The Balaban J connectivity index is 2.01. The molecule has 1 aromatic rings. The first-order valence-corrected chi connectivity index (χ1v) is 5.70. The van der Waals surface area contributed by atoms with Crippen molar-refractivity contribution in [2.75, 3.05) is 18.4 Å². The van der Waals surface area contributed by atoms with Crippen LogP contribution in [0.5, 0.6) is 0 Å². The predicted octanol–water partition coefficient (Wildman–Crippen LogP) is 0.910. The minimum absolute atomic E-state index is 0.0478. The monoisotopic (exact) mass is 222 g/mol. The van der Waals surface area contributed by atoms with Crippen molar-refractivity contribution in [3.8, 4) is 0 Å². The number of amides is 1. The maximum absolute atomic E-state index is 12.0. The highest BCUT2D eigenvalue weighted by Crippen LogP contribution is 2.26. The molecule has 1 unspecified atom stereocenters. The number of hydrogen-bond acceptors (Lipinski definition) is 3. The molecule has 88 valence electrons.